The highest BCUT2D eigenvalue weighted by Gasteiger charge is 2.22. The Kier molecular flexibility index (Phi) is 8.35. The number of halogens is 1. The van der Waals surface area contributed by atoms with Crippen LogP contribution in [0.5, 0.6) is 5.75 Å². The zero-order chi connectivity index (χ0) is 24.0. The van der Waals surface area contributed by atoms with Gasteiger partial charge in [0.05, 0.1) is 10.7 Å². The number of amides is 1. The molecular formula is C25H33ClN4O3. The van der Waals surface area contributed by atoms with Crippen molar-refractivity contribution >= 4 is 28.9 Å². The van der Waals surface area contributed by atoms with Crippen molar-refractivity contribution in [3.05, 3.63) is 58.6 Å². The van der Waals surface area contributed by atoms with Gasteiger partial charge in [0.1, 0.15) is 18.5 Å². The van der Waals surface area contributed by atoms with Crippen molar-refractivity contribution in [1.82, 2.24) is 10.7 Å². The predicted octanol–water partition coefficient (Wildman–Crippen LogP) is 3.73. The topological polar surface area (TPSA) is 95.0 Å². The van der Waals surface area contributed by atoms with E-state index in [2.05, 4.69) is 35.0 Å². The van der Waals surface area contributed by atoms with Crippen LogP contribution in [0.4, 0.5) is 5.69 Å². The van der Waals surface area contributed by atoms with Gasteiger partial charge in [-0.05, 0) is 50.1 Å². The Labute approximate surface area is 200 Å². The van der Waals surface area contributed by atoms with Crippen LogP contribution in [0.3, 0.4) is 0 Å². The van der Waals surface area contributed by atoms with E-state index < -0.39 is 6.10 Å². The molecule has 1 heterocycles. The molecule has 33 heavy (non-hydrogen) atoms. The summed E-state index contributed by atoms with van der Waals surface area (Å²) in [5.74, 6) is 0.629. The molecule has 0 fully saturated rings. The van der Waals surface area contributed by atoms with E-state index in [1.54, 1.807) is 6.07 Å². The van der Waals surface area contributed by atoms with Gasteiger partial charge in [-0.25, -0.2) is 5.43 Å². The molecule has 0 bridgehead atoms. The molecule has 2 aromatic rings. The number of carbonyl (C=O) groups excluding carboxylic acids is 1. The Morgan fingerprint density at radius 3 is 2.70 bits per heavy atom. The third-order valence-electron chi connectivity index (χ3n) is 5.58. The largest absolute Gasteiger partial charge is 0.489 e. The number of β-amino-alcohol motifs (C(OH)–C–C–N with tert-alkyl or cyclic N) is 1. The molecule has 2 atom stereocenters. The second-order valence-electron chi connectivity index (χ2n) is 9.18. The van der Waals surface area contributed by atoms with Crippen molar-refractivity contribution < 1.29 is 14.6 Å². The lowest BCUT2D eigenvalue weighted by molar-refractivity contribution is -0.121. The molecule has 7 nitrogen and oxygen atoms in total. The maximum Gasteiger partial charge on any atom is 0.240 e. The lowest BCUT2D eigenvalue weighted by Crippen LogP contribution is -2.49. The summed E-state index contributed by atoms with van der Waals surface area (Å²) in [6, 6.07) is 13.6. The first kappa shape index (κ1) is 25.0. The van der Waals surface area contributed by atoms with E-state index in [1.807, 2.05) is 50.2 Å². The molecular weight excluding hydrogens is 440 g/mol. The summed E-state index contributed by atoms with van der Waals surface area (Å²) in [6.07, 6.45) is -0.216. The highest BCUT2D eigenvalue weighted by molar-refractivity contribution is 6.32. The number of aliphatic hydroxyl groups is 1. The maximum atomic E-state index is 11.4. The van der Waals surface area contributed by atoms with E-state index in [0.29, 0.717) is 30.3 Å². The number of benzene rings is 2. The molecule has 0 spiro atoms. The Morgan fingerprint density at radius 1 is 1.27 bits per heavy atom. The number of hydrogen-bond donors (Lipinski definition) is 4. The molecule has 4 N–H and O–H groups in total. The molecule has 0 radical (unpaired) electrons. The van der Waals surface area contributed by atoms with Crippen LogP contribution in [-0.4, -0.2) is 48.1 Å². The highest BCUT2D eigenvalue weighted by atomic mass is 35.5. The summed E-state index contributed by atoms with van der Waals surface area (Å²) < 4.78 is 5.68. The van der Waals surface area contributed by atoms with Gasteiger partial charge in [-0.2, -0.15) is 5.10 Å². The molecule has 0 aliphatic carbocycles. The summed E-state index contributed by atoms with van der Waals surface area (Å²) in [7, 11) is 0. The second-order valence-corrected chi connectivity index (χ2v) is 9.56. The molecule has 0 saturated carbocycles. The average Bonchev–Trinajstić information content (AvgIpc) is 2.78. The molecule has 2 aromatic carbocycles. The first-order valence-electron chi connectivity index (χ1n) is 11.2. The molecule has 1 amide bonds. The molecule has 0 saturated heterocycles. The molecule has 3 rings (SSSR count). The number of carbonyl (C=O) groups is 1. The van der Waals surface area contributed by atoms with Gasteiger partial charge in [0, 0.05) is 36.7 Å². The van der Waals surface area contributed by atoms with Gasteiger partial charge in [-0.3, -0.25) is 4.79 Å². The van der Waals surface area contributed by atoms with E-state index in [0.717, 1.165) is 22.5 Å². The number of aryl methyl sites for hydroxylation is 1. The van der Waals surface area contributed by atoms with Crippen molar-refractivity contribution in [2.24, 2.45) is 11.0 Å². The van der Waals surface area contributed by atoms with E-state index in [1.165, 1.54) is 0 Å². The summed E-state index contributed by atoms with van der Waals surface area (Å²) in [4.78, 5) is 11.4. The maximum absolute atomic E-state index is 11.4. The monoisotopic (exact) mass is 472 g/mol. The fourth-order valence-electron chi connectivity index (χ4n) is 3.52. The Morgan fingerprint density at radius 2 is 2.00 bits per heavy atom. The lowest BCUT2D eigenvalue weighted by Gasteiger charge is -2.28. The predicted molar refractivity (Wildman–Crippen MR) is 133 cm³/mol. The Balaban J connectivity index is 1.44. The van der Waals surface area contributed by atoms with E-state index >= 15 is 0 Å². The zero-order valence-corrected chi connectivity index (χ0v) is 20.4. The van der Waals surface area contributed by atoms with Crippen LogP contribution in [0.25, 0.3) is 0 Å². The van der Waals surface area contributed by atoms with Gasteiger partial charge in [0.15, 0.2) is 0 Å². The molecule has 178 valence electrons. The number of rotatable bonds is 10. The number of anilines is 1. The van der Waals surface area contributed by atoms with Gasteiger partial charge < -0.3 is 20.5 Å². The Hall–Kier alpha value is -2.61. The van der Waals surface area contributed by atoms with Crippen molar-refractivity contribution in [2.45, 2.75) is 45.8 Å². The second kappa shape index (κ2) is 11.0. The van der Waals surface area contributed by atoms with Gasteiger partial charge in [0.25, 0.3) is 0 Å². The SMILES string of the molecule is Cc1cccc(OCC(O)CNC(C)(C)CNc2ccc(C3=NNC(=O)CC3C)cc2)c1Cl. The number of ether oxygens (including phenoxy) is 1. The minimum Gasteiger partial charge on any atom is -0.489 e. The third kappa shape index (κ3) is 7.19. The zero-order valence-electron chi connectivity index (χ0n) is 19.6. The highest BCUT2D eigenvalue weighted by Crippen LogP contribution is 2.27. The Bertz CT molecular complexity index is 992. The normalized spacial score (nSPS) is 17.2. The summed E-state index contributed by atoms with van der Waals surface area (Å²) >= 11 is 6.24. The van der Waals surface area contributed by atoms with Gasteiger partial charge in [0.2, 0.25) is 5.91 Å². The number of hydrazone groups is 1. The van der Waals surface area contributed by atoms with Crippen LogP contribution >= 0.6 is 11.6 Å². The summed E-state index contributed by atoms with van der Waals surface area (Å²) in [5, 5.41) is 21.9. The number of nitrogens with zero attached hydrogens (tertiary/aromatic N) is 1. The smallest absolute Gasteiger partial charge is 0.240 e. The number of nitrogens with one attached hydrogen (secondary N) is 3. The van der Waals surface area contributed by atoms with Crippen molar-refractivity contribution in [3.63, 3.8) is 0 Å². The van der Waals surface area contributed by atoms with Gasteiger partial charge >= 0.3 is 0 Å². The lowest BCUT2D eigenvalue weighted by atomic mass is 9.94. The standard InChI is InChI=1S/C25H33ClN4O3/c1-16-6-5-7-21(23(16)26)33-14-20(31)13-28-25(3,4)15-27-19-10-8-18(9-11-19)24-17(2)12-22(32)29-30-24/h5-11,17,20,27-28,31H,12-15H2,1-4H3,(H,29,32). The minimum absolute atomic E-state index is 0.0464. The minimum atomic E-state index is -0.668. The van der Waals surface area contributed by atoms with Crippen LogP contribution in [0.15, 0.2) is 47.6 Å². The van der Waals surface area contributed by atoms with Crippen LogP contribution < -0.4 is 20.8 Å². The first-order valence-corrected chi connectivity index (χ1v) is 11.5. The average molecular weight is 473 g/mol. The third-order valence-corrected chi connectivity index (χ3v) is 6.06. The van der Waals surface area contributed by atoms with Crippen LogP contribution in [-0.2, 0) is 4.79 Å². The van der Waals surface area contributed by atoms with Crippen molar-refractivity contribution in [1.29, 1.82) is 0 Å². The van der Waals surface area contributed by atoms with Crippen LogP contribution in [0.2, 0.25) is 5.02 Å². The van der Waals surface area contributed by atoms with E-state index in [4.69, 9.17) is 16.3 Å². The molecule has 0 aromatic heterocycles. The van der Waals surface area contributed by atoms with Crippen molar-refractivity contribution in [2.75, 3.05) is 25.0 Å². The first-order chi connectivity index (χ1) is 15.6. The fourth-order valence-corrected chi connectivity index (χ4v) is 3.70. The fraction of sp³-hybridized carbons (Fsp3) is 0.440. The number of hydrogen-bond acceptors (Lipinski definition) is 6. The molecule has 2 unspecified atom stereocenters. The van der Waals surface area contributed by atoms with E-state index in [-0.39, 0.29) is 24.0 Å². The molecule has 1 aliphatic rings. The summed E-state index contributed by atoms with van der Waals surface area (Å²) in [5.41, 5.74) is 6.12. The van der Waals surface area contributed by atoms with Crippen LogP contribution in [0, 0.1) is 12.8 Å². The van der Waals surface area contributed by atoms with Crippen molar-refractivity contribution in [3.8, 4) is 5.75 Å². The van der Waals surface area contributed by atoms with Gasteiger partial charge in [-0.15, -0.1) is 0 Å². The molecule has 8 heteroatoms. The van der Waals surface area contributed by atoms with Gasteiger partial charge in [-0.1, -0.05) is 42.8 Å². The molecule has 1 aliphatic heterocycles. The van der Waals surface area contributed by atoms with E-state index in [9.17, 15) is 9.90 Å². The summed E-state index contributed by atoms with van der Waals surface area (Å²) in [6.45, 7) is 9.27. The van der Waals surface area contributed by atoms with Crippen LogP contribution in [0.1, 0.15) is 38.3 Å². The quantitative estimate of drug-likeness (QED) is 0.422. The number of aliphatic hydroxyl groups excluding tert-OH is 1.